The topological polar surface area (TPSA) is 17.1 Å². The summed E-state index contributed by atoms with van der Waals surface area (Å²) in [6.45, 7) is 0. The van der Waals surface area contributed by atoms with Crippen LogP contribution in [0.5, 0.6) is 0 Å². The Labute approximate surface area is 104 Å². The van der Waals surface area contributed by atoms with Gasteiger partial charge in [0.25, 0.3) is 0 Å². The molecule has 0 saturated carbocycles. The molecule has 1 atom stereocenters. The van der Waals surface area contributed by atoms with Gasteiger partial charge >= 0.3 is 0 Å². The van der Waals surface area contributed by atoms with Crippen molar-refractivity contribution in [3.63, 3.8) is 0 Å². The van der Waals surface area contributed by atoms with Crippen LogP contribution in [0, 0.1) is 5.82 Å². The van der Waals surface area contributed by atoms with Crippen LogP contribution in [0.3, 0.4) is 0 Å². The number of hydrogen-bond acceptors (Lipinski definition) is 2. The molecule has 0 amide bonds. The first kappa shape index (κ1) is 11.9. The van der Waals surface area contributed by atoms with E-state index in [1.54, 1.807) is 23.9 Å². The highest BCUT2D eigenvalue weighted by Gasteiger charge is 2.06. The van der Waals surface area contributed by atoms with Gasteiger partial charge in [0.05, 0.1) is 0 Å². The van der Waals surface area contributed by atoms with Crippen LogP contribution in [0.4, 0.5) is 4.39 Å². The largest absolute Gasteiger partial charge is 0.298 e. The lowest BCUT2D eigenvalue weighted by Crippen LogP contribution is -1.97. The standard InChI is InChI=1S/C14H11FOS/c15-13-6-4-11(5-7-13)12(10-16)9-14-3-1-2-8-17-14/h1-10,14H. The predicted molar refractivity (Wildman–Crippen MR) is 70.1 cm³/mol. The Hall–Kier alpha value is -1.61. The Morgan fingerprint density at radius 2 is 2.00 bits per heavy atom. The molecule has 3 heteroatoms. The fraction of sp³-hybridized carbons (Fsp3) is 0.0714. The number of thioether (sulfide) groups is 1. The summed E-state index contributed by atoms with van der Waals surface area (Å²) >= 11 is 1.63. The molecule has 17 heavy (non-hydrogen) atoms. The van der Waals surface area contributed by atoms with E-state index in [1.807, 2.05) is 29.7 Å². The number of benzene rings is 1. The van der Waals surface area contributed by atoms with Crippen molar-refractivity contribution in [1.82, 2.24) is 0 Å². The molecule has 86 valence electrons. The van der Waals surface area contributed by atoms with Crippen LogP contribution in [0.25, 0.3) is 5.57 Å². The summed E-state index contributed by atoms with van der Waals surface area (Å²) in [7, 11) is 0. The summed E-state index contributed by atoms with van der Waals surface area (Å²) in [6.07, 6.45) is 8.60. The van der Waals surface area contributed by atoms with E-state index < -0.39 is 0 Å². The predicted octanol–water partition coefficient (Wildman–Crippen LogP) is 3.59. The van der Waals surface area contributed by atoms with E-state index in [0.717, 1.165) is 11.8 Å². The summed E-state index contributed by atoms with van der Waals surface area (Å²) in [6, 6.07) is 5.94. The number of rotatable bonds is 3. The molecule has 0 aliphatic carbocycles. The molecule has 1 aliphatic heterocycles. The van der Waals surface area contributed by atoms with E-state index in [9.17, 15) is 9.18 Å². The van der Waals surface area contributed by atoms with Gasteiger partial charge in [0.2, 0.25) is 0 Å². The molecule has 2 rings (SSSR count). The minimum absolute atomic E-state index is 0.158. The Kier molecular flexibility index (Phi) is 3.94. The molecule has 1 aromatic carbocycles. The van der Waals surface area contributed by atoms with Gasteiger partial charge in [-0.3, -0.25) is 4.79 Å². The van der Waals surface area contributed by atoms with Gasteiger partial charge in [-0.15, -0.1) is 11.8 Å². The second-order valence-electron chi connectivity index (χ2n) is 3.56. The average molecular weight is 246 g/mol. The van der Waals surface area contributed by atoms with Gasteiger partial charge in [0, 0.05) is 10.8 Å². The van der Waals surface area contributed by atoms with Crippen molar-refractivity contribution in [3.05, 3.63) is 65.4 Å². The van der Waals surface area contributed by atoms with Gasteiger partial charge in [-0.05, 0) is 23.1 Å². The van der Waals surface area contributed by atoms with Crippen molar-refractivity contribution in [2.24, 2.45) is 0 Å². The third-order valence-electron chi connectivity index (χ3n) is 2.37. The van der Waals surface area contributed by atoms with Gasteiger partial charge in [-0.1, -0.05) is 36.4 Å². The molecule has 1 nitrogen and oxygen atoms in total. The summed E-state index contributed by atoms with van der Waals surface area (Å²) in [5.41, 5.74) is 1.33. The molecule has 1 aromatic rings. The van der Waals surface area contributed by atoms with Crippen molar-refractivity contribution in [2.75, 3.05) is 0 Å². The summed E-state index contributed by atoms with van der Waals surface area (Å²) in [4.78, 5) is 11.1. The first-order chi connectivity index (χ1) is 8.29. The van der Waals surface area contributed by atoms with Crippen molar-refractivity contribution >= 4 is 23.6 Å². The molecule has 0 aromatic heterocycles. The Bertz CT molecular complexity index is 485. The minimum Gasteiger partial charge on any atom is -0.298 e. The zero-order chi connectivity index (χ0) is 12.1. The maximum absolute atomic E-state index is 12.8. The number of hydrogen-bond donors (Lipinski definition) is 0. The molecule has 0 bridgehead atoms. The highest BCUT2D eigenvalue weighted by molar-refractivity contribution is 8.03. The van der Waals surface area contributed by atoms with Gasteiger partial charge < -0.3 is 0 Å². The number of allylic oxidation sites excluding steroid dienone is 3. The molecule has 0 fully saturated rings. The zero-order valence-corrected chi connectivity index (χ0v) is 9.86. The molecule has 1 heterocycles. The van der Waals surface area contributed by atoms with Crippen LogP contribution in [-0.4, -0.2) is 11.5 Å². The lowest BCUT2D eigenvalue weighted by Gasteiger charge is -2.09. The second kappa shape index (κ2) is 5.64. The fourth-order valence-corrected chi connectivity index (χ4v) is 2.29. The molecule has 0 radical (unpaired) electrons. The SMILES string of the molecule is O=CC(=CC1C=CC=CS1)c1ccc(F)cc1. The number of aldehydes is 1. The van der Waals surface area contributed by atoms with E-state index in [1.165, 1.54) is 12.1 Å². The van der Waals surface area contributed by atoms with Crippen molar-refractivity contribution in [2.45, 2.75) is 5.25 Å². The lowest BCUT2D eigenvalue weighted by molar-refractivity contribution is -0.103. The maximum Gasteiger partial charge on any atom is 0.150 e. The van der Waals surface area contributed by atoms with Crippen LogP contribution < -0.4 is 0 Å². The monoisotopic (exact) mass is 246 g/mol. The van der Waals surface area contributed by atoms with Crippen molar-refractivity contribution in [3.8, 4) is 0 Å². The van der Waals surface area contributed by atoms with E-state index in [-0.39, 0.29) is 11.1 Å². The summed E-state index contributed by atoms with van der Waals surface area (Å²) in [5.74, 6) is -0.297. The lowest BCUT2D eigenvalue weighted by atomic mass is 10.1. The Balaban J connectivity index is 2.23. The van der Waals surface area contributed by atoms with E-state index in [2.05, 4.69) is 0 Å². The highest BCUT2D eigenvalue weighted by Crippen LogP contribution is 2.23. The molecular formula is C14H11FOS. The van der Waals surface area contributed by atoms with Crippen LogP contribution >= 0.6 is 11.8 Å². The smallest absolute Gasteiger partial charge is 0.150 e. The fourth-order valence-electron chi connectivity index (χ4n) is 1.52. The second-order valence-corrected chi connectivity index (χ2v) is 4.65. The molecule has 1 unspecified atom stereocenters. The first-order valence-corrected chi connectivity index (χ1v) is 6.15. The quantitative estimate of drug-likeness (QED) is 0.599. The normalized spacial score (nSPS) is 19.4. The zero-order valence-electron chi connectivity index (χ0n) is 9.05. The van der Waals surface area contributed by atoms with E-state index in [0.29, 0.717) is 5.57 Å². The van der Waals surface area contributed by atoms with Crippen molar-refractivity contribution in [1.29, 1.82) is 0 Å². The third kappa shape index (κ3) is 3.17. The molecule has 0 N–H and O–H groups in total. The Morgan fingerprint density at radius 1 is 1.24 bits per heavy atom. The number of carbonyl (C=O) groups is 1. The average Bonchev–Trinajstić information content (AvgIpc) is 2.38. The first-order valence-electron chi connectivity index (χ1n) is 5.21. The molecule has 1 aliphatic rings. The molecular weight excluding hydrogens is 235 g/mol. The third-order valence-corrected chi connectivity index (χ3v) is 3.30. The number of carbonyl (C=O) groups excluding carboxylic acids is 1. The van der Waals surface area contributed by atoms with Gasteiger partial charge in [-0.2, -0.15) is 0 Å². The number of halogens is 1. The summed E-state index contributed by atoms with van der Waals surface area (Å²) < 4.78 is 12.8. The van der Waals surface area contributed by atoms with Crippen LogP contribution in [0.15, 0.2) is 54.0 Å². The molecule has 0 saturated heterocycles. The Morgan fingerprint density at radius 3 is 2.59 bits per heavy atom. The van der Waals surface area contributed by atoms with Gasteiger partial charge in [0.1, 0.15) is 12.1 Å². The molecule has 0 spiro atoms. The highest BCUT2D eigenvalue weighted by atomic mass is 32.2. The van der Waals surface area contributed by atoms with Gasteiger partial charge in [0.15, 0.2) is 0 Å². The van der Waals surface area contributed by atoms with E-state index >= 15 is 0 Å². The van der Waals surface area contributed by atoms with Crippen LogP contribution in [-0.2, 0) is 4.79 Å². The van der Waals surface area contributed by atoms with Gasteiger partial charge in [-0.25, -0.2) is 4.39 Å². The van der Waals surface area contributed by atoms with Crippen LogP contribution in [0.1, 0.15) is 5.56 Å². The van der Waals surface area contributed by atoms with Crippen molar-refractivity contribution < 1.29 is 9.18 Å². The minimum atomic E-state index is -0.297. The maximum atomic E-state index is 12.8. The van der Waals surface area contributed by atoms with E-state index in [4.69, 9.17) is 0 Å². The van der Waals surface area contributed by atoms with Crippen LogP contribution in [0.2, 0.25) is 0 Å². The summed E-state index contributed by atoms with van der Waals surface area (Å²) in [5, 5.41) is 2.14.